The van der Waals surface area contributed by atoms with Gasteiger partial charge in [-0.25, -0.2) is 13.1 Å². The number of fused-ring (bicyclic) bond motifs is 1. The topological polar surface area (TPSA) is 89.5 Å². The van der Waals surface area contributed by atoms with Gasteiger partial charge in [-0.05, 0) is 68.0 Å². The summed E-state index contributed by atoms with van der Waals surface area (Å²) in [5.74, 6) is -0.879. The molecular weight excluding hydrogens is 398 g/mol. The van der Waals surface area contributed by atoms with Gasteiger partial charge in [0, 0.05) is 11.4 Å². The van der Waals surface area contributed by atoms with Crippen LogP contribution in [0.5, 0.6) is 0 Å². The number of nitrogens with one attached hydrogen (secondary N) is 1. The van der Waals surface area contributed by atoms with Gasteiger partial charge in [-0.2, -0.15) is 0 Å². The van der Waals surface area contributed by atoms with Crippen LogP contribution in [0.25, 0.3) is 0 Å². The normalized spacial score (nSPS) is 13.8. The van der Waals surface area contributed by atoms with Gasteiger partial charge in [0.25, 0.3) is 0 Å². The Morgan fingerprint density at radius 1 is 1.11 bits per heavy atom. The molecule has 1 aliphatic rings. The van der Waals surface area contributed by atoms with E-state index in [0.717, 1.165) is 36.1 Å². The monoisotopic (exact) mass is 421 g/mol. The number of hydrogen-bond acceptors (Lipinski definition) is 6. The second-order valence-electron chi connectivity index (χ2n) is 6.78. The Hall–Kier alpha value is -2.03. The van der Waals surface area contributed by atoms with Gasteiger partial charge in [0.2, 0.25) is 15.8 Å². The van der Waals surface area contributed by atoms with Crippen molar-refractivity contribution >= 4 is 33.1 Å². The lowest BCUT2D eigenvalue weighted by atomic mass is 9.92. The number of thiophene rings is 1. The second-order valence-corrected chi connectivity index (χ2v) is 9.83. The molecule has 1 N–H and O–H groups in total. The molecule has 0 atom stereocenters. The minimum Gasteiger partial charge on any atom is -0.457 e. The van der Waals surface area contributed by atoms with Crippen LogP contribution in [0.3, 0.4) is 0 Å². The predicted molar refractivity (Wildman–Crippen MR) is 107 cm³/mol. The van der Waals surface area contributed by atoms with Gasteiger partial charge >= 0.3 is 5.97 Å². The first-order valence-corrected chi connectivity index (χ1v) is 11.5. The lowest BCUT2D eigenvalue weighted by Gasteiger charge is -2.16. The molecule has 0 spiro atoms. The first kappa shape index (κ1) is 20.7. The lowest BCUT2D eigenvalue weighted by Crippen LogP contribution is -2.27. The predicted octanol–water partition coefficient (Wildman–Crippen LogP) is 3.03. The van der Waals surface area contributed by atoms with Crippen LogP contribution in [0.2, 0.25) is 0 Å². The Morgan fingerprint density at radius 2 is 1.86 bits per heavy atom. The summed E-state index contributed by atoms with van der Waals surface area (Å²) in [7, 11) is -3.68. The minimum atomic E-state index is -3.68. The van der Waals surface area contributed by atoms with Gasteiger partial charge in [0.1, 0.15) is 0 Å². The molecule has 150 valence electrons. The first-order chi connectivity index (χ1) is 13.3. The summed E-state index contributed by atoms with van der Waals surface area (Å²) in [5, 5.41) is 0. The maximum Gasteiger partial charge on any atom is 0.307 e. The Bertz CT molecular complexity index is 978. The third kappa shape index (κ3) is 5.27. The molecule has 1 aromatic carbocycles. The zero-order chi connectivity index (χ0) is 20.1. The number of sulfonamides is 1. The highest BCUT2D eigenvalue weighted by Gasteiger charge is 2.18. The molecule has 0 saturated carbocycles. The minimum absolute atomic E-state index is 0.0788. The van der Waals surface area contributed by atoms with E-state index in [1.54, 1.807) is 18.2 Å². The standard InChI is InChI=1S/C20H23NO5S2/c1-14-6-9-19(27-14)18(22)13-26-20(23)10-11-21-28(24,25)17-8-7-15-4-2-3-5-16(15)12-17/h6-9,12,21H,2-5,10-11,13H2,1H3. The average molecular weight is 422 g/mol. The molecule has 3 rings (SSSR count). The van der Waals surface area contributed by atoms with E-state index in [-0.39, 0.29) is 30.3 Å². The molecule has 0 bridgehead atoms. The fraction of sp³-hybridized carbons (Fsp3) is 0.400. The molecule has 2 aromatic rings. The molecule has 1 heterocycles. The van der Waals surface area contributed by atoms with Crippen molar-refractivity contribution in [1.29, 1.82) is 0 Å². The highest BCUT2D eigenvalue weighted by molar-refractivity contribution is 7.89. The van der Waals surface area contributed by atoms with E-state index in [2.05, 4.69) is 4.72 Å². The van der Waals surface area contributed by atoms with E-state index in [4.69, 9.17) is 4.74 Å². The molecule has 0 amide bonds. The fourth-order valence-electron chi connectivity index (χ4n) is 3.12. The van der Waals surface area contributed by atoms with E-state index < -0.39 is 16.0 Å². The molecule has 0 unspecified atom stereocenters. The van der Waals surface area contributed by atoms with Gasteiger partial charge in [0.15, 0.2) is 6.61 Å². The number of benzene rings is 1. The largest absolute Gasteiger partial charge is 0.457 e. The summed E-state index contributed by atoms with van der Waals surface area (Å²) >= 11 is 1.34. The van der Waals surface area contributed by atoms with Crippen LogP contribution in [0.4, 0.5) is 0 Å². The van der Waals surface area contributed by atoms with Gasteiger partial charge in [0.05, 0.1) is 16.2 Å². The second kappa shape index (κ2) is 8.98. The molecule has 0 fully saturated rings. The Kier molecular flexibility index (Phi) is 6.64. The Balaban J connectivity index is 1.47. The number of carbonyl (C=O) groups is 2. The van der Waals surface area contributed by atoms with Gasteiger partial charge in [-0.15, -0.1) is 11.3 Å². The van der Waals surface area contributed by atoms with Gasteiger partial charge < -0.3 is 4.74 Å². The number of aryl methyl sites for hydroxylation is 3. The summed E-state index contributed by atoms with van der Waals surface area (Å²) < 4.78 is 32.2. The van der Waals surface area contributed by atoms with E-state index in [1.807, 2.05) is 19.1 Å². The van der Waals surface area contributed by atoms with E-state index in [0.29, 0.717) is 4.88 Å². The number of esters is 1. The molecule has 0 saturated heterocycles. The average Bonchev–Trinajstić information content (AvgIpc) is 3.12. The quantitative estimate of drug-likeness (QED) is 0.523. The molecular formula is C20H23NO5S2. The molecule has 0 aliphatic heterocycles. The van der Waals surface area contributed by atoms with Crippen molar-refractivity contribution in [3.63, 3.8) is 0 Å². The van der Waals surface area contributed by atoms with Crippen molar-refractivity contribution in [3.8, 4) is 0 Å². The van der Waals surface area contributed by atoms with Crippen LogP contribution in [-0.4, -0.2) is 33.3 Å². The molecule has 28 heavy (non-hydrogen) atoms. The summed E-state index contributed by atoms with van der Waals surface area (Å²) in [6.07, 6.45) is 3.94. The van der Waals surface area contributed by atoms with Crippen molar-refractivity contribution in [3.05, 3.63) is 51.2 Å². The van der Waals surface area contributed by atoms with Crippen molar-refractivity contribution in [2.24, 2.45) is 0 Å². The number of rotatable bonds is 8. The van der Waals surface area contributed by atoms with Crippen molar-refractivity contribution in [2.45, 2.75) is 43.9 Å². The maximum absolute atomic E-state index is 12.4. The van der Waals surface area contributed by atoms with Crippen LogP contribution < -0.4 is 4.72 Å². The van der Waals surface area contributed by atoms with Crippen molar-refractivity contribution in [1.82, 2.24) is 4.72 Å². The number of hydrogen-bond donors (Lipinski definition) is 1. The van der Waals surface area contributed by atoms with E-state index in [1.165, 1.54) is 16.9 Å². The fourth-order valence-corrected chi connectivity index (χ4v) is 5.00. The third-order valence-corrected chi connectivity index (χ3v) is 7.13. The summed E-state index contributed by atoms with van der Waals surface area (Å²) in [5.41, 5.74) is 2.29. The Labute approximate surface area is 169 Å². The van der Waals surface area contributed by atoms with Crippen molar-refractivity contribution in [2.75, 3.05) is 13.2 Å². The van der Waals surface area contributed by atoms with Crippen LogP contribution >= 0.6 is 11.3 Å². The summed E-state index contributed by atoms with van der Waals surface area (Å²) in [4.78, 5) is 25.5. The Morgan fingerprint density at radius 3 is 2.57 bits per heavy atom. The maximum atomic E-state index is 12.4. The van der Waals surface area contributed by atoms with Gasteiger partial charge in [-0.3, -0.25) is 9.59 Å². The smallest absolute Gasteiger partial charge is 0.307 e. The lowest BCUT2D eigenvalue weighted by molar-refractivity contribution is -0.142. The van der Waals surface area contributed by atoms with Crippen LogP contribution in [0.1, 0.15) is 44.9 Å². The molecule has 8 heteroatoms. The van der Waals surface area contributed by atoms with Crippen molar-refractivity contribution < 1.29 is 22.7 Å². The number of ketones is 1. The molecule has 1 aromatic heterocycles. The zero-order valence-electron chi connectivity index (χ0n) is 15.7. The molecule has 0 radical (unpaired) electrons. The van der Waals surface area contributed by atoms with Crippen LogP contribution in [0, 0.1) is 6.92 Å². The number of ether oxygens (including phenoxy) is 1. The molecule has 1 aliphatic carbocycles. The number of Topliss-reactive ketones (excluding diaryl/α,β-unsaturated/α-hetero) is 1. The van der Waals surface area contributed by atoms with E-state index in [9.17, 15) is 18.0 Å². The highest BCUT2D eigenvalue weighted by Crippen LogP contribution is 2.24. The van der Waals surface area contributed by atoms with E-state index >= 15 is 0 Å². The third-order valence-electron chi connectivity index (χ3n) is 4.63. The first-order valence-electron chi connectivity index (χ1n) is 9.22. The zero-order valence-corrected chi connectivity index (χ0v) is 17.3. The number of carbonyl (C=O) groups excluding carboxylic acids is 2. The summed E-state index contributed by atoms with van der Waals surface area (Å²) in [6, 6.07) is 8.72. The molecule has 6 nitrogen and oxygen atoms in total. The SMILES string of the molecule is Cc1ccc(C(=O)COC(=O)CCNS(=O)(=O)c2ccc3c(c2)CCCC3)s1. The summed E-state index contributed by atoms with van der Waals surface area (Å²) in [6.45, 7) is 1.48. The van der Waals surface area contributed by atoms with Crippen LogP contribution in [0.15, 0.2) is 35.2 Å². The highest BCUT2D eigenvalue weighted by atomic mass is 32.2. The van der Waals surface area contributed by atoms with Crippen LogP contribution in [-0.2, 0) is 32.4 Å². The van der Waals surface area contributed by atoms with Gasteiger partial charge in [-0.1, -0.05) is 6.07 Å².